The SMILES string of the molecule is CC1COc2c(cc(Cc3ccc(F)cc3)c[n+]2[O-])N1C(=O)OC(C)(C)C. The van der Waals surface area contributed by atoms with Crippen molar-refractivity contribution < 1.29 is 23.4 Å². The Morgan fingerprint density at radius 1 is 1.33 bits per heavy atom. The quantitative estimate of drug-likeness (QED) is 0.595. The van der Waals surface area contributed by atoms with Crippen molar-refractivity contribution in [1.82, 2.24) is 0 Å². The van der Waals surface area contributed by atoms with E-state index in [1.807, 2.05) is 6.92 Å². The molecule has 0 radical (unpaired) electrons. The van der Waals surface area contributed by atoms with Crippen LogP contribution < -0.4 is 14.4 Å². The molecular weight excluding hydrogens is 351 g/mol. The average molecular weight is 374 g/mol. The summed E-state index contributed by atoms with van der Waals surface area (Å²) in [6.07, 6.45) is 1.30. The minimum absolute atomic E-state index is 0.0711. The second-order valence-corrected chi connectivity index (χ2v) is 7.68. The molecule has 1 amide bonds. The predicted molar refractivity (Wildman–Crippen MR) is 98.3 cm³/mol. The number of hydrogen-bond acceptors (Lipinski definition) is 4. The molecule has 0 aliphatic carbocycles. The predicted octanol–water partition coefficient (Wildman–Crippen LogP) is 3.57. The van der Waals surface area contributed by atoms with E-state index < -0.39 is 11.7 Å². The van der Waals surface area contributed by atoms with Gasteiger partial charge in [0.2, 0.25) is 0 Å². The summed E-state index contributed by atoms with van der Waals surface area (Å²) in [6, 6.07) is 7.53. The first-order valence-corrected chi connectivity index (χ1v) is 8.79. The van der Waals surface area contributed by atoms with Gasteiger partial charge in [0.05, 0.1) is 6.04 Å². The molecule has 1 aromatic carbocycles. The fraction of sp³-hybridized carbons (Fsp3) is 0.400. The maximum absolute atomic E-state index is 13.1. The zero-order chi connectivity index (χ0) is 19.8. The van der Waals surface area contributed by atoms with E-state index in [2.05, 4.69) is 0 Å². The van der Waals surface area contributed by atoms with Gasteiger partial charge in [0.15, 0.2) is 11.9 Å². The molecule has 0 bridgehead atoms. The summed E-state index contributed by atoms with van der Waals surface area (Å²) < 4.78 is 24.8. The van der Waals surface area contributed by atoms with Gasteiger partial charge in [-0.3, -0.25) is 4.90 Å². The maximum Gasteiger partial charge on any atom is 0.415 e. The van der Waals surface area contributed by atoms with Crippen LogP contribution in [0.1, 0.15) is 38.8 Å². The van der Waals surface area contributed by atoms with E-state index >= 15 is 0 Å². The molecule has 7 heteroatoms. The lowest BCUT2D eigenvalue weighted by Crippen LogP contribution is -2.50. The summed E-state index contributed by atoms with van der Waals surface area (Å²) in [7, 11) is 0. The van der Waals surface area contributed by atoms with Crippen LogP contribution in [0.5, 0.6) is 5.88 Å². The Labute approximate surface area is 157 Å². The van der Waals surface area contributed by atoms with Crippen molar-refractivity contribution in [2.24, 2.45) is 0 Å². The number of benzene rings is 1. The summed E-state index contributed by atoms with van der Waals surface area (Å²) in [5.74, 6) is -0.247. The monoisotopic (exact) mass is 374 g/mol. The van der Waals surface area contributed by atoms with E-state index in [0.29, 0.717) is 22.4 Å². The Hall–Kier alpha value is -2.83. The molecule has 144 valence electrons. The van der Waals surface area contributed by atoms with Crippen molar-refractivity contribution in [2.75, 3.05) is 11.5 Å². The topological polar surface area (TPSA) is 65.7 Å². The summed E-state index contributed by atoms with van der Waals surface area (Å²) >= 11 is 0. The summed E-state index contributed by atoms with van der Waals surface area (Å²) in [5, 5.41) is 12.4. The van der Waals surface area contributed by atoms with Crippen LogP contribution in [0.2, 0.25) is 0 Å². The van der Waals surface area contributed by atoms with Crippen molar-refractivity contribution in [3.63, 3.8) is 0 Å². The van der Waals surface area contributed by atoms with Crippen LogP contribution >= 0.6 is 0 Å². The number of aromatic nitrogens is 1. The third-order valence-electron chi connectivity index (χ3n) is 4.10. The number of anilines is 1. The minimum Gasteiger partial charge on any atom is -0.616 e. The van der Waals surface area contributed by atoms with Gasteiger partial charge in [0.1, 0.15) is 18.0 Å². The van der Waals surface area contributed by atoms with E-state index in [9.17, 15) is 14.4 Å². The van der Waals surface area contributed by atoms with E-state index in [4.69, 9.17) is 9.47 Å². The van der Waals surface area contributed by atoms with E-state index in [1.54, 1.807) is 39.0 Å². The van der Waals surface area contributed by atoms with Gasteiger partial charge in [-0.2, -0.15) is 0 Å². The molecule has 1 aromatic heterocycles. The Morgan fingerprint density at radius 3 is 2.63 bits per heavy atom. The first-order valence-electron chi connectivity index (χ1n) is 8.79. The summed E-state index contributed by atoms with van der Waals surface area (Å²) in [5.41, 5.74) is 1.25. The third-order valence-corrected chi connectivity index (χ3v) is 4.10. The average Bonchev–Trinajstić information content (AvgIpc) is 2.55. The minimum atomic E-state index is -0.658. The number of carbonyl (C=O) groups excluding carboxylic acids is 1. The fourth-order valence-corrected chi connectivity index (χ4v) is 2.94. The van der Waals surface area contributed by atoms with Crippen LogP contribution in [0.25, 0.3) is 0 Å². The molecule has 3 rings (SSSR count). The summed E-state index contributed by atoms with van der Waals surface area (Å²) in [4.78, 5) is 14.2. The Balaban J connectivity index is 1.96. The molecule has 0 spiro atoms. The van der Waals surface area contributed by atoms with Crippen LogP contribution in [0, 0.1) is 11.0 Å². The second kappa shape index (κ2) is 7.06. The highest BCUT2D eigenvalue weighted by Gasteiger charge is 2.37. The molecule has 0 saturated heterocycles. The second-order valence-electron chi connectivity index (χ2n) is 7.68. The molecule has 2 aromatic rings. The number of hydrogen-bond donors (Lipinski definition) is 0. The number of rotatable bonds is 2. The van der Waals surface area contributed by atoms with E-state index in [0.717, 1.165) is 5.56 Å². The van der Waals surface area contributed by atoms with Crippen LogP contribution in [0.4, 0.5) is 14.9 Å². The molecular formula is C20H23FN2O4. The van der Waals surface area contributed by atoms with Gasteiger partial charge in [-0.05, 0) is 51.5 Å². The molecule has 1 unspecified atom stereocenters. The van der Waals surface area contributed by atoms with Gasteiger partial charge >= 0.3 is 12.0 Å². The number of pyridine rings is 1. The lowest BCUT2D eigenvalue weighted by atomic mass is 10.1. The number of amides is 1. The van der Waals surface area contributed by atoms with Crippen LogP contribution in [-0.2, 0) is 11.2 Å². The van der Waals surface area contributed by atoms with Gasteiger partial charge in [-0.15, -0.1) is 4.73 Å². The molecule has 6 nitrogen and oxygen atoms in total. The van der Waals surface area contributed by atoms with Crippen LogP contribution in [0.3, 0.4) is 0 Å². The highest BCUT2D eigenvalue weighted by molar-refractivity contribution is 5.90. The third kappa shape index (κ3) is 4.30. The normalized spacial score (nSPS) is 16.5. The van der Waals surface area contributed by atoms with Crippen LogP contribution in [0.15, 0.2) is 36.5 Å². The van der Waals surface area contributed by atoms with Crippen molar-refractivity contribution in [3.05, 3.63) is 58.7 Å². The lowest BCUT2D eigenvalue weighted by Gasteiger charge is -2.34. The number of fused-ring (bicyclic) bond motifs is 1. The van der Waals surface area contributed by atoms with Crippen molar-refractivity contribution in [1.29, 1.82) is 0 Å². The molecule has 27 heavy (non-hydrogen) atoms. The highest BCUT2D eigenvalue weighted by Crippen LogP contribution is 2.33. The zero-order valence-corrected chi connectivity index (χ0v) is 15.9. The zero-order valence-electron chi connectivity index (χ0n) is 15.9. The largest absolute Gasteiger partial charge is 0.616 e. The molecule has 0 saturated carbocycles. The first-order chi connectivity index (χ1) is 12.6. The highest BCUT2D eigenvalue weighted by atomic mass is 19.1. The number of carbonyl (C=O) groups is 1. The Bertz CT molecular complexity index is 846. The van der Waals surface area contributed by atoms with Gasteiger partial charge in [0.25, 0.3) is 0 Å². The molecule has 1 aliphatic heterocycles. The standard InChI is InChI=1S/C20H23FN2O4/c1-13-12-26-18-17(23(13)19(24)27-20(2,3)4)10-15(11-22(18)25)9-14-5-7-16(21)8-6-14/h5-8,10-11,13H,9,12H2,1-4H3. The lowest BCUT2D eigenvalue weighted by molar-refractivity contribution is -0.613. The summed E-state index contributed by atoms with van der Waals surface area (Å²) in [6.45, 7) is 7.39. The molecule has 1 atom stereocenters. The smallest absolute Gasteiger partial charge is 0.415 e. The van der Waals surface area contributed by atoms with Gasteiger partial charge in [-0.25, -0.2) is 9.18 Å². The van der Waals surface area contributed by atoms with Gasteiger partial charge in [-0.1, -0.05) is 12.1 Å². The fourth-order valence-electron chi connectivity index (χ4n) is 2.94. The van der Waals surface area contributed by atoms with Gasteiger partial charge in [0, 0.05) is 12.0 Å². The number of halogens is 1. The van der Waals surface area contributed by atoms with Crippen molar-refractivity contribution >= 4 is 11.8 Å². The maximum atomic E-state index is 13.1. The van der Waals surface area contributed by atoms with Crippen molar-refractivity contribution in [3.8, 4) is 5.88 Å². The molecule has 0 fully saturated rings. The Kier molecular flexibility index (Phi) is 4.95. The van der Waals surface area contributed by atoms with Crippen LogP contribution in [-0.4, -0.2) is 24.3 Å². The number of nitrogens with zero attached hydrogens (tertiary/aromatic N) is 2. The first kappa shape index (κ1) is 18.9. The van der Waals surface area contributed by atoms with E-state index in [1.165, 1.54) is 23.2 Å². The van der Waals surface area contributed by atoms with E-state index in [-0.39, 0.29) is 24.3 Å². The number of ether oxygens (including phenoxy) is 2. The molecule has 2 heterocycles. The molecule has 0 N–H and O–H groups in total. The van der Waals surface area contributed by atoms with Gasteiger partial charge < -0.3 is 14.7 Å². The molecule has 1 aliphatic rings. The Morgan fingerprint density at radius 2 is 2.00 bits per heavy atom. The van der Waals surface area contributed by atoms with Crippen molar-refractivity contribution in [2.45, 2.75) is 45.8 Å².